The van der Waals surface area contributed by atoms with Crippen molar-refractivity contribution in [2.24, 2.45) is 7.05 Å². The van der Waals surface area contributed by atoms with Crippen LogP contribution < -0.4 is 0 Å². The Labute approximate surface area is 292 Å². The molecule has 0 aliphatic heterocycles. The zero-order chi connectivity index (χ0) is 31.9. The summed E-state index contributed by atoms with van der Waals surface area (Å²) in [6.45, 7) is 10.7. The predicted octanol–water partition coefficient (Wildman–Crippen LogP) is 8.71. The Morgan fingerprint density at radius 2 is 1.23 bits per heavy atom. The van der Waals surface area contributed by atoms with E-state index in [2.05, 4.69) is 112 Å². The predicted molar refractivity (Wildman–Crippen MR) is 187 cm³/mol. The summed E-state index contributed by atoms with van der Waals surface area (Å²) in [5.74, 6) is 1.78. The number of imidazole rings is 3. The number of rotatable bonds is 4. The summed E-state index contributed by atoms with van der Waals surface area (Å²) in [6, 6.07) is 25.5. The minimum atomic E-state index is 0. The number of aromatic nitrogens is 7. The third-order valence-corrected chi connectivity index (χ3v) is 9.03. The van der Waals surface area contributed by atoms with Gasteiger partial charge in [-0.2, -0.15) is 11.3 Å². The van der Waals surface area contributed by atoms with Crippen molar-refractivity contribution in [1.82, 2.24) is 33.6 Å². The van der Waals surface area contributed by atoms with Crippen LogP contribution >= 0.6 is 11.3 Å². The Kier molecular flexibility index (Phi) is 9.06. The van der Waals surface area contributed by atoms with Gasteiger partial charge in [-0.1, -0.05) is 35.9 Å². The molecule has 0 bridgehead atoms. The van der Waals surface area contributed by atoms with E-state index in [0.29, 0.717) is 0 Å². The molecule has 237 valence electrons. The van der Waals surface area contributed by atoms with E-state index in [4.69, 9.17) is 0 Å². The molecule has 0 amide bonds. The van der Waals surface area contributed by atoms with E-state index in [1.165, 1.54) is 39.2 Å². The van der Waals surface area contributed by atoms with Crippen LogP contribution in [-0.4, -0.2) is 33.6 Å². The first-order chi connectivity index (χ1) is 22.3. The Balaban J connectivity index is 0.000000161. The molecule has 7 nitrogen and oxygen atoms in total. The van der Waals surface area contributed by atoms with Gasteiger partial charge in [-0.3, -0.25) is 19.9 Å². The molecule has 1 radical (unpaired) electrons. The SMILES string of the molecule is Cc1cc(C)c(-n2ccnc2-c2[c-]cc3c(c2)ncn3C)c(C)c1.Cc1cccc(C)c1-n1ccnc1-c1[c-]cc2scnc2c1.[Ir]. The van der Waals surface area contributed by atoms with Crippen molar-refractivity contribution in [3.8, 4) is 34.2 Å². The topological polar surface area (TPSA) is 66.3 Å². The quantitative estimate of drug-likeness (QED) is 0.167. The molecule has 0 aliphatic rings. The first-order valence-electron chi connectivity index (χ1n) is 15.1. The minimum absolute atomic E-state index is 0. The molecule has 0 unspecified atom stereocenters. The molecule has 4 aromatic carbocycles. The van der Waals surface area contributed by atoms with Gasteiger partial charge in [0.1, 0.15) is 0 Å². The second kappa shape index (κ2) is 13.2. The number of para-hydroxylation sites is 1. The normalized spacial score (nSPS) is 11.0. The maximum absolute atomic E-state index is 4.58. The summed E-state index contributed by atoms with van der Waals surface area (Å²) in [6.07, 6.45) is 9.51. The molecule has 0 N–H and O–H groups in total. The van der Waals surface area contributed by atoms with E-state index >= 15 is 0 Å². The van der Waals surface area contributed by atoms with Gasteiger partial charge in [0.15, 0.2) is 0 Å². The average Bonchev–Trinajstić information content (AvgIpc) is 3.84. The summed E-state index contributed by atoms with van der Waals surface area (Å²) in [4.78, 5) is 18.0. The number of nitrogens with zero attached hydrogens (tertiary/aromatic N) is 7. The van der Waals surface area contributed by atoms with E-state index in [0.717, 1.165) is 44.0 Å². The van der Waals surface area contributed by atoms with Crippen LogP contribution in [0.2, 0.25) is 0 Å². The van der Waals surface area contributed by atoms with Crippen LogP contribution in [-0.2, 0) is 27.2 Å². The molecule has 0 saturated heterocycles. The fraction of sp³-hybridized carbons (Fsp3) is 0.158. The standard InChI is InChI=1S/C20H19N4.C18H14N3S.Ir/c1-13-9-14(2)19(15(3)10-13)24-8-7-21-20(24)16-5-6-18-17(11-16)22-12-23(18)4;1-12-4-3-5-13(2)17(12)21-9-8-19-18(21)14-6-7-16-15(10-14)20-11-22-16;/h6-12H,1-4H3;3-5,7-11H,1-2H3;/q2*-1;. The van der Waals surface area contributed by atoms with Gasteiger partial charge in [0.2, 0.25) is 0 Å². The Morgan fingerprint density at radius 1 is 0.660 bits per heavy atom. The van der Waals surface area contributed by atoms with E-state index < -0.39 is 0 Å². The van der Waals surface area contributed by atoms with Crippen LogP contribution in [0.1, 0.15) is 27.8 Å². The van der Waals surface area contributed by atoms with Crippen molar-refractivity contribution in [3.63, 3.8) is 0 Å². The fourth-order valence-electron chi connectivity index (χ4n) is 6.23. The number of thiazole rings is 1. The van der Waals surface area contributed by atoms with Crippen LogP contribution in [0.5, 0.6) is 0 Å². The Morgan fingerprint density at radius 3 is 1.87 bits per heavy atom. The van der Waals surface area contributed by atoms with Crippen LogP contribution in [0.15, 0.2) is 91.2 Å². The Hall–Kier alpha value is -4.69. The number of aryl methyl sites for hydroxylation is 6. The number of hydrogen-bond donors (Lipinski definition) is 0. The zero-order valence-corrected chi connectivity index (χ0v) is 30.2. The molecule has 8 rings (SSSR count). The van der Waals surface area contributed by atoms with Gasteiger partial charge in [0.05, 0.1) is 23.5 Å². The summed E-state index contributed by atoms with van der Waals surface area (Å²) >= 11 is 1.63. The van der Waals surface area contributed by atoms with Crippen molar-refractivity contribution in [1.29, 1.82) is 0 Å². The molecular formula is C38H33IrN7S-2. The molecule has 0 aliphatic carbocycles. The van der Waals surface area contributed by atoms with Gasteiger partial charge in [0.25, 0.3) is 0 Å². The fourth-order valence-corrected chi connectivity index (χ4v) is 6.87. The summed E-state index contributed by atoms with van der Waals surface area (Å²) in [7, 11) is 1.99. The molecule has 8 aromatic rings. The average molecular weight is 812 g/mol. The van der Waals surface area contributed by atoms with Crippen molar-refractivity contribution in [3.05, 3.63) is 131 Å². The van der Waals surface area contributed by atoms with Crippen molar-refractivity contribution < 1.29 is 20.1 Å². The zero-order valence-electron chi connectivity index (χ0n) is 27.0. The maximum atomic E-state index is 4.58. The molecule has 4 heterocycles. The van der Waals surface area contributed by atoms with E-state index in [9.17, 15) is 0 Å². The van der Waals surface area contributed by atoms with Gasteiger partial charge >= 0.3 is 0 Å². The molecule has 0 spiro atoms. The summed E-state index contributed by atoms with van der Waals surface area (Å²) in [5.41, 5.74) is 15.4. The van der Waals surface area contributed by atoms with Crippen molar-refractivity contribution in [2.45, 2.75) is 34.6 Å². The molecule has 47 heavy (non-hydrogen) atoms. The van der Waals surface area contributed by atoms with Gasteiger partial charge in [-0.15, -0.1) is 47.5 Å². The number of hydrogen-bond acceptors (Lipinski definition) is 5. The summed E-state index contributed by atoms with van der Waals surface area (Å²) < 4.78 is 7.42. The molecule has 0 fully saturated rings. The molecule has 9 heteroatoms. The first-order valence-corrected chi connectivity index (χ1v) is 16.0. The van der Waals surface area contributed by atoms with E-state index in [-0.39, 0.29) is 20.1 Å². The van der Waals surface area contributed by atoms with Crippen molar-refractivity contribution in [2.75, 3.05) is 0 Å². The monoisotopic (exact) mass is 812 g/mol. The maximum Gasteiger partial charge on any atom is 0.0853 e. The van der Waals surface area contributed by atoms with E-state index in [1.54, 1.807) is 11.3 Å². The third-order valence-electron chi connectivity index (χ3n) is 8.24. The van der Waals surface area contributed by atoms with Crippen molar-refractivity contribution >= 4 is 32.6 Å². The van der Waals surface area contributed by atoms with E-state index in [1.807, 2.05) is 66.4 Å². The first kappa shape index (κ1) is 32.3. The second-order valence-corrected chi connectivity index (χ2v) is 12.5. The summed E-state index contributed by atoms with van der Waals surface area (Å²) in [5, 5.41) is 0. The smallest absolute Gasteiger partial charge is 0.0853 e. The third kappa shape index (κ3) is 6.10. The van der Waals surface area contributed by atoms with Crippen LogP contribution in [0.25, 0.3) is 55.4 Å². The molecule has 4 aromatic heterocycles. The Bertz CT molecular complexity index is 2310. The van der Waals surface area contributed by atoms with Gasteiger partial charge < -0.3 is 13.7 Å². The molecule has 0 atom stereocenters. The molecule has 0 saturated carbocycles. The van der Waals surface area contributed by atoms with Gasteiger partial charge in [0, 0.05) is 68.8 Å². The number of benzene rings is 4. The largest absolute Gasteiger partial charge is 0.373 e. The second-order valence-electron chi connectivity index (χ2n) is 11.7. The van der Waals surface area contributed by atoms with Crippen LogP contribution in [0.3, 0.4) is 0 Å². The van der Waals surface area contributed by atoms with Crippen LogP contribution in [0.4, 0.5) is 0 Å². The minimum Gasteiger partial charge on any atom is -0.373 e. The van der Waals surface area contributed by atoms with Crippen LogP contribution in [0, 0.1) is 46.8 Å². The molecular weight excluding hydrogens is 779 g/mol. The van der Waals surface area contributed by atoms with Gasteiger partial charge in [-0.05, 0) is 72.6 Å². The van der Waals surface area contributed by atoms with Gasteiger partial charge in [-0.25, -0.2) is 0 Å². The number of fused-ring (bicyclic) bond motifs is 2.